The van der Waals surface area contributed by atoms with Gasteiger partial charge in [0.2, 0.25) is 0 Å². The molecular weight excluding hydrogens is 275 g/mol. The van der Waals surface area contributed by atoms with Crippen molar-refractivity contribution in [1.29, 1.82) is 0 Å². The third kappa shape index (κ3) is 3.09. The van der Waals surface area contributed by atoms with E-state index in [2.05, 4.69) is 0 Å². The number of benzene rings is 1. The van der Waals surface area contributed by atoms with Crippen LogP contribution >= 0.6 is 0 Å². The van der Waals surface area contributed by atoms with E-state index in [-0.39, 0.29) is 24.7 Å². The quantitative estimate of drug-likeness (QED) is 0.616. The fourth-order valence-electron chi connectivity index (χ4n) is 2.28. The molecule has 1 aliphatic heterocycles. The van der Waals surface area contributed by atoms with Crippen molar-refractivity contribution in [2.75, 3.05) is 19.6 Å². The Balaban J connectivity index is 2.08. The minimum Gasteiger partial charge on any atom is -0.330 e. The third-order valence-corrected chi connectivity index (χ3v) is 3.47. The Bertz CT molecular complexity index is 586. The Hall–Kier alpha value is -2.24. The lowest BCUT2D eigenvalue weighted by molar-refractivity contribution is -0.156. The van der Waals surface area contributed by atoms with Crippen LogP contribution in [-0.4, -0.2) is 53.1 Å². The second kappa shape index (κ2) is 6.03. The van der Waals surface area contributed by atoms with Gasteiger partial charge < -0.3 is 9.80 Å². The van der Waals surface area contributed by atoms with Crippen molar-refractivity contribution < 1.29 is 18.8 Å². The molecule has 0 N–H and O–H groups in total. The summed E-state index contributed by atoms with van der Waals surface area (Å²) in [5.41, 5.74) is -0.0657. The Morgan fingerprint density at radius 1 is 1.19 bits per heavy atom. The maximum absolute atomic E-state index is 13.5. The second-order valence-corrected chi connectivity index (χ2v) is 5.22. The summed E-state index contributed by atoms with van der Waals surface area (Å²) in [6, 6.07) is 5.54. The largest absolute Gasteiger partial charge is 0.330 e. The maximum Gasteiger partial charge on any atom is 0.312 e. The summed E-state index contributed by atoms with van der Waals surface area (Å²) >= 11 is 0. The highest BCUT2D eigenvalue weighted by Gasteiger charge is 2.34. The Morgan fingerprint density at radius 2 is 1.86 bits per heavy atom. The second-order valence-electron chi connectivity index (χ2n) is 5.22. The van der Waals surface area contributed by atoms with Crippen molar-refractivity contribution in [3.8, 4) is 0 Å². The van der Waals surface area contributed by atoms with Crippen LogP contribution in [0.1, 0.15) is 24.2 Å². The molecule has 6 heteroatoms. The van der Waals surface area contributed by atoms with Crippen LogP contribution in [0.3, 0.4) is 0 Å². The summed E-state index contributed by atoms with van der Waals surface area (Å²) < 4.78 is 13.5. The molecule has 21 heavy (non-hydrogen) atoms. The van der Waals surface area contributed by atoms with Crippen LogP contribution in [0.25, 0.3) is 0 Å². The van der Waals surface area contributed by atoms with Crippen LogP contribution in [0, 0.1) is 5.82 Å². The topological polar surface area (TPSA) is 57.7 Å². The van der Waals surface area contributed by atoms with Crippen LogP contribution in [0.2, 0.25) is 0 Å². The zero-order chi connectivity index (χ0) is 15.6. The number of carbonyl (C=O) groups excluding carboxylic acids is 3. The number of nitrogens with zero attached hydrogens (tertiary/aromatic N) is 2. The molecular formula is C15H17FN2O3. The number of carbonyl (C=O) groups is 3. The lowest BCUT2D eigenvalue weighted by Gasteiger charge is -2.35. The van der Waals surface area contributed by atoms with Gasteiger partial charge in [0.1, 0.15) is 5.82 Å². The van der Waals surface area contributed by atoms with E-state index in [9.17, 15) is 18.8 Å². The fourth-order valence-corrected chi connectivity index (χ4v) is 2.28. The lowest BCUT2D eigenvalue weighted by atomic mass is 10.1. The van der Waals surface area contributed by atoms with E-state index in [1.165, 1.54) is 28.0 Å². The van der Waals surface area contributed by atoms with Gasteiger partial charge in [-0.05, 0) is 26.0 Å². The molecule has 1 saturated heterocycles. The SMILES string of the molecule is CC(C)N1CCN(CC(=O)c2ccccc2F)C(=O)C1=O. The molecule has 1 aliphatic rings. The van der Waals surface area contributed by atoms with Crippen LogP contribution in [0.4, 0.5) is 4.39 Å². The molecule has 112 valence electrons. The van der Waals surface area contributed by atoms with Gasteiger partial charge in [-0.3, -0.25) is 14.4 Å². The van der Waals surface area contributed by atoms with E-state index in [0.717, 1.165) is 0 Å². The Labute approximate surface area is 122 Å². The van der Waals surface area contributed by atoms with E-state index >= 15 is 0 Å². The van der Waals surface area contributed by atoms with Crippen molar-refractivity contribution in [2.24, 2.45) is 0 Å². The maximum atomic E-state index is 13.5. The standard InChI is InChI=1S/C15H17FN2O3/c1-10(2)18-8-7-17(14(20)15(18)21)9-13(19)11-5-3-4-6-12(11)16/h3-6,10H,7-9H2,1-2H3. The van der Waals surface area contributed by atoms with Crippen molar-refractivity contribution in [3.05, 3.63) is 35.6 Å². The summed E-state index contributed by atoms with van der Waals surface area (Å²) in [6.07, 6.45) is 0. The first-order chi connectivity index (χ1) is 9.91. The first-order valence-corrected chi connectivity index (χ1v) is 6.79. The average Bonchev–Trinajstić information content (AvgIpc) is 2.44. The summed E-state index contributed by atoms with van der Waals surface area (Å²) in [5.74, 6) is -2.45. The number of amides is 2. The molecule has 1 aromatic rings. The van der Waals surface area contributed by atoms with Gasteiger partial charge >= 0.3 is 11.8 Å². The third-order valence-electron chi connectivity index (χ3n) is 3.47. The van der Waals surface area contributed by atoms with Gasteiger partial charge in [0, 0.05) is 19.1 Å². The van der Waals surface area contributed by atoms with Gasteiger partial charge in [-0.15, -0.1) is 0 Å². The summed E-state index contributed by atoms with van der Waals surface area (Å²) in [6.45, 7) is 4.03. The van der Waals surface area contributed by atoms with Gasteiger partial charge in [0.15, 0.2) is 5.78 Å². The van der Waals surface area contributed by atoms with Gasteiger partial charge in [-0.25, -0.2) is 4.39 Å². The molecule has 0 aromatic heterocycles. The normalized spacial score (nSPS) is 15.8. The Morgan fingerprint density at radius 3 is 2.48 bits per heavy atom. The van der Waals surface area contributed by atoms with Gasteiger partial charge in [-0.1, -0.05) is 12.1 Å². The highest BCUT2D eigenvalue weighted by molar-refractivity contribution is 6.35. The van der Waals surface area contributed by atoms with Crippen molar-refractivity contribution in [2.45, 2.75) is 19.9 Å². The number of rotatable bonds is 4. The van der Waals surface area contributed by atoms with E-state index in [4.69, 9.17) is 0 Å². The molecule has 0 saturated carbocycles. The molecule has 0 bridgehead atoms. The molecule has 1 fully saturated rings. The van der Waals surface area contributed by atoms with Crippen LogP contribution < -0.4 is 0 Å². The average molecular weight is 292 g/mol. The number of hydrogen-bond acceptors (Lipinski definition) is 3. The van der Waals surface area contributed by atoms with E-state index in [0.29, 0.717) is 6.54 Å². The smallest absolute Gasteiger partial charge is 0.312 e. The van der Waals surface area contributed by atoms with E-state index < -0.39 is 23.4 Å². The molecule has 0 spiro atoms. The number of piperazine rings is 1. The first kappa shape index (κ1) is 15.2. The van der Waals surface area contributed by atoms with Crippen molar-refractivity contribution in [3.63, 3.8) is 0 Å². The highest BCUT2D eigenvalue weighted by Crippen LogP contribution is 2.12. The molecule has 0 unspecified atom stereocenters. The number of hydrogen-bond donors (Lipinski definition) is 0. The molecule has 5 nitrogen and oxygen atoms in total. The first-order valence-electron chi connectivity index (χ1n) is 6.79. The molecule has 0 aliphatic carbocycles. The number of ketones is 1. The van der Waals surface area contributed by atoms with Crippen LogP contribution in [0.15, 0.2) is 24.3 Å². The van der Waals surface area contributed by atoms with Gasteiger partial charge in [0.25, 0.3) is 0 Å². The van der Waals surface area contributed by atoms with Gasteiger partial charge in [0.05, 0.1) is 12.1 Å². The lowest BCUT2D eigenvalue weighted by Crippen LogP contribution is -2.57. The predicted octanol–water partition coefficient (Wildman–Crippen LogP) is 1.09. The summed E-state index contributed by atoms with van der Waals surface area (Å²) in [7, 11) is 0. The molecule has 0 atom stereocenters. The molecule has 1 aromatic carbocycles. The van der Waals surface area contributed by atoms with Crippen molar-refractivity contribution in [1.82, 2.24) is 9.80 Å². The molecule has 2 rings (SSSR count). The highest BCUT2D eigenvalue weighted by atomic mass is 19.1. The zero-order valence-corrected chi connectivity index (χ0v) is 12.0. The van der Waals surface area contributed by atoms with E-state index in [1.807, 2.05) is 13.8 Å². The zero-order valence-electron chi connectivity index (χ0n) is 12.0. The Kier molecular flexibility index (Phi) is 4.35. The summed E-state index contributed by atoms with van der Waals surface area (Å²) in [4.78, 5) is 38.6. The number of halogens is 1. The molecule has 0 radical (unpaired) electrons. The molecule has 2 amide bonds. The van der Waals surface area contributed by atoms with Gasteiger partial charge in [-0.2, -0.15) is 0 Å². The fraction of sp³-hybridized carbons (Fsp3) is 0.400. The van der Waals surface area contributed by atoms with Crippen LogP contribution in [-0.2, 0) is 9.59 Å². The summed E-state index contributed by atoms with van der Waals surface area (Å²) in [5, 5.41) is 0. The predicted molar refractivity (Wildman–Crippen MR) is 74.2 cm³/mol. The minimum atomic E-state index is -0.709. The minimum absolute atomic E-state index is 0.0640. The van der Waals surface area contributed by atoms with Crippen LogP contribution in [0.5, 0.6) is 0 Å². The number of Topliss-reactive ketones (excluding diaryl/α,β-unsaturated/α-hetero) is 1. The monoisotopic (exact) mass is 292 g/mol. The van der Waals surface area contributed by atoms with E-state index in [1.54, 1.807) is 6.07 Å². The molecule has 1 heterocycles. The van der Waals surface area contributed by atoms with Crippen molar-refractivity contribution >= 4 is 17.6 Å².